The van der Waals surface area contributed by atoms with Gasteiger partial charge in [0.25, 0.3) is 0 Å². The van der Waals surface area contributed by atoms with Gasteiger partial charge in [0.05, 0.1) is 27.2 Å². The molecule has 0 fully saturated rings. The van der Waals surface area contributed by atoms with E-state index in [9.17, 15) is 13.2 Å². The molecule has 0 aliphatic carbocycles. The van der Waals surface area contributed by atoms with E-state index < -0.39 is 11.7 Å². The smallest absolute Gasteiger partial charge is 0.284 e. The first-order valence-corrected chi connectivity index (χ1v) is 4.54. The quantitative estimate of drug-likeness (QED) is 0.681. The monoisotopic (exact) mass is 263 g/mol. The number of halogens is 4. The lowest BCUT2D eigenvalue weighted by atomic mass is 10.1. The molecule has 5 heteroatoms. The lowest BCUT2D eigenvalue weighted by Gasteiger charge is -2.06. The van der Waals surface area contributed by atoms with Gasteiger partial charge >= 0.3 is 6.18 Å². The van der Waals surface area contributed by atoms with Crippen molar-refractivity contribution in [3.8, 4) is 0 Å². The Balaban J connectivity index is 2.66. The third kappa shape index (κ3) is 1.52. The van der Waals surface area contributed by atoms with Gasteiger partial charge in [0.2, 0.25) is 0 Å². The Labute approximate surface area is 86.5 Å². The van der Waals surface area contributed by atoms with E-state index in [4.69, 9.17) is 0 Å². The first kappa shape index (κ1) is 9.58. The van der Waals surface area contributed by atoms with Crippen LogP contribution in [0, 0.1) is 0 Å². The summed E-state index contributed by atoms with van der Waals surface area (Å²) in [7, 11) is 0. The molecule has 1 heterocycles. The summed E-state index contributed by atoms with van der Waals surface area (Å²) >= 11 is 3.12. The van der Waals surface area contributed by atoms with Gasteiger partial charge in [-0.3, -0.25) is 3.59 Å². The van der Waals surface area contributed by atoms with Crippen LogP contribution >= 0.6 is 16.1 Å². The van der Waals surface area contributed by atoms with Crippen molar-refractivity contribution in [2.24, 2.45) is 0 Å². The minimum absolute atomic E-state index is 0.514. The van der Waals surface area contributed by atoms with Crippen LogP contribution in [-0.4, -0.2) is 3.59 Å². The molecule has 1 aromatic carbocycles. The first-order chi connectivity index (χ1) is 6.48. The van der Waals surface area contributed by atoms with Gasteiger partial charge in [-0.25, -0.2) is 0 Å². The average Bonchev–Trinajstić information content (AvgIpc) is 2.46. The molecule has 2 aromatic rings. The maximum Gasteiger partial charge on any atom is 0.416 e. The molecule has 0 saturated carbocycles. The molecule has 1 aromatic heterocycles. The van der Waals surface area contributed by atoms with Gasteiger partial charge in [-0.05, 0) is 18.2 Å². The van der Waals surface area contributed by atoms with E-state index in [0.29, 0.717) is 5.52 Å². The number of hydrogen-bond donors (Lipinski definition) is 0. The van der Waals surface area contributed by atoms with Gasteiger partial charge in [0.1, 0.15) is 0 Å². The summed E-state index contributed by atoms with van der Waals surface area (Å²) < 4.78 is 38.5. The molecular formula is C9H5BrF3N. The molecule has 0 aliphatic rings. The number of rotatable bonds is 0. The highest BCUT2D eigenvalue weighted by Gasteiger charge is 2.30. The lowest BCUT2D eigenvalue weighted by Crippen LogP contribution is -2.04. The fraction of sp³-hybridized carbons (Fsp3) is 0.111. The van der Waals surface area contributed by atoms with E-state index in [2.05, 4.69) is 16.1 Å². The summed E-state index contributed by atoms with van der Waals surface area (Å²) in [6, 6.07) is 5.39. The summed E-state index contributed by atoms with van der Waals surface area (Å²) in [6.07, 6.45) is -2.63. The second-order valence-corrected chi connectivity index (χ2v) is 3.66. The number of benzene rings is 1. The normalized spacial score (nSPS) is 12.3. The Bertz CT molecular complexity index is 472. The fourth-order valence-electron chi connectivity index (χ4n) is 1.27. The van der Waals surface area contributed by atoms with Crippen LogP contribution in [-0.2, 0) is 6.18 Å². The van der Waals surface area contributed by atoms with Crippen LogP contribution in [0.3, 0.4) is 0 Å². The molecule has 2 rings (SSSR count). The summed E-state index contributed by atoms with van der Waals surface area (Å²) in [5.41, 5.74) is -0.121. The van der Waals surface area contributed by atoms with Gasteiger partial charge < -0.3 is 0 Å². The second-order valence-electron chi connectivity index (χ2n) is 2.90. The highest BCUT2D eigenvalue weighted by atomic mass is 79.9. The fourth-order valence-corrected chi connectivity index (χ4v) is 1.70. The molecule has 0 unspecified atom stereocenters. The molecule has 74 valence electrons. The van der Waals surface area contributed by atoms with Gasteiger partial charge in [-0.15, -0.1) is 0 Å². The zero-order valence-electron chi connectivity index (χ0n) is 6.85. The van der Waals surface area contributed by atoms with Crippen molar-refractivity contribution in [2.75, 3.05) is 0 Å². The van der Waals surface area contributed by atoms with Crippen LogP contribution in [0.15, 0.2) is 30.5 Å². The Kier molecular flexibility index (Phi) is 2.06. The maximum absolute atomic E-state index is 12.3. The Hall–Kier alpha value is -0.970. The van der Waals surface area contributed by atoms with Crippen molar-refractivity contribution >= 4 is 27.1 Å². The largest absolute Gasteiger partial charge is 0.416 e. The van der Waals surface area contributed by atoms with Crippen LogP contribution < -0.4 is 0 Å². The van der Waals surface area contributed by atoms with Gasteiger partial charge in [-0.2, -0.15) is 13.2 Å². The van der Waals surface area contributed by atoms with Crippen molar-refractivity contribution in [2.45, 2.75) is 6.18 Å². The predicted molar refractivity (Wildman–Crippen MR) is 51.3 cm³/mol. The van der Waals surface area contributed by atoms with Gasteiger partial charge in [-0.1, -0.05) is 6.07 Å². The van der Waals surface area contributed by atoms with Crippen LogP contribution in [0.5, 0.6) is 0 Å². The molecule has 0 saturated heterocycles. The third-order valence-electron chi connectivity index (χ3n) is 1.97. The molecule has 0 radical (unpaired) electrons. The zero-order chi connectivity index (χ0) is 10.3. The summed E-state index contributed by atoms with van der Waals surface area (Å²) in [5, 5.41) is 0.773. The summed E-state index contributed by atoms with van der Waals surface area (Å²) in [6.45, 7) is 0. The number of aromatic nitrogens is 1. The molecule has 0 amide bonds. The first-order valence-electron chi connectivity index (χ1n) is 3.83. The van der Waals surface area contributed by atoms with E-state index in [1.165, 1.54) is 9.66 Å². The topological polar surface area (TPSA) is 4.93 Å². The molecule has 0 aliphatic heterocycles. The van der Waals surface area contributed by atoms with E-state index >= 15 is 0 Å². The number of nitrogens with zero attached hydrogens (tertiary/aromatic N) is 1. The highest BCUT2D eigenvalue weighted by molar-refractivity contribution is 9.08. The Morgan fingerprint density at radius 1 is 1.14 bits per heavy atom. The molecule has 0 atom stereocenters. The average molecular weight is 264 g/mol. The zero-order valence-corrected chi connectivity index (χ0v) is 8.43. The minimum Gasteiger partial charge on any atom is -0.284 e. The van der Waals surface area contributed by atoms with Gasteiger partial charge in [0.15, 0.2) is 0 Å². The van der Waals surface area contributed by atoms with Crippen molar-refractivity contribution in [3.05, 3.63) is 36.0 Å². The second kappa shape index (κ2) is 3.02. The molecular weight excluding hydrogens is 259 g/mol. The molecule has 0 bridgehead atoms. The van der Waals surface area contributed by atoms with Gasteiger partial charge in [0, 0.05) is 11.6 Å². The van der Waals surface area contributed by atoms with Crippen molar-refractivity contribution in [3.63, 3.8) is 0 Å². The summed E-state index contributed by atoms with van der Waals surface area (Å²) in [4.78, 5) is 0. The number of alkyl halides is 3. The predicted octanol–water partition coefficient (Wildman–Crippen LogP) is 3.82. The van der Waals surface area contributed by atoms with E-state index in [1.807, 2.05) is 0 Å². The highest BCUT2D eigenvalue weighted by Crippen LogP contribution is 2.31. The number of fused-ring (bicyclic) bond motifs is 1. The number of hydrogen-bond acceptors (Lipinski definition) is 0. The van der Waals surface area contributed by atoms with Crippen LogP contribution in [0.1, 0.15) is 5.56 Å². The standard InChI is InChI=1S/C9H5BrF3N/c10-14-4-3-6-1-2-7(5-8(6)14)9(11,12)13/h1-5H. The molecule has 1 nitrogen and oxygen atoms in total. The van der Waals surface area contributed by atoms with E-state index in [0.717, 1.165) is 17.5 Å². The minimum atomic E-state index is -4.29. The molecule has 0 N–H and O–H groups in total. The van der Waals surface area contributed by atoms with E-state index in [-0.39, 0.29) is 0 Å². The van der Waals surface area contributed by atoms with Crippen molar-refractivity contribution in [1.82, 2.24) is 3.59 Å². The van der Waals surface area contributed by atoms with Crippen molar-refractivity contribution in [1.29, 1.82) is 0 Å². The molecule has 14 heavy (non-hydrogen) atoms. The molecule has 0 spiro atoms. The maximum atomic E-state index is 12.3. The Morgan fingerprint density at radius 2 is 1.86 bits per heavy atom. The van der Waals surface area contributed by atoms with Crippen molar-refractivity contribution < 1.29 is 13.2 Å². The SMILES string of the molecule is FC(F)(F)c1ccc2ccn(Br)c2c1. The van der Waals surface area contributed by atoms with Crippen LogP contribution in [0.4, 0.5) is 13.2 Å². The van der Waals surface area contributed by atoms with Crippen LogP contribution in [0.2, 0.25) is 0 Å². The Morgan fingerprint density at radius 3 is 2.50 bits per heavy atom. The third-order valence-corrected chi connectivity index (χ3v) is 2.59. The van der Waals surface area contributed by atoms with Crippen LogP contribution in [0.25, 0.3) is 10.9 Å². The lowest BCUT2D eigenvalue weighted by molar-refractivity contribution is -0.137. The summed E-state index contributed by atoms with van der Waals surface area (Å²) in [5.74, 6) is 0. The van der Waals surface area contributed by atoms with E-state index in [1.54, 1.807) is 12.3 Å².